The molecule has 1 aliphatic rings. The van der Waals surface area contributed by atoms with Crippen LogP contribution in [0.4, 0.5) is 0 Å². The smallest absolute Gasteiger partial charge is 0.0852 e. The van der Waals surface area contributed by atoms with E-state index in [4.69, 9.17) is 9.98 Å². The minimum absolute atomic E-state index is 0.869. The fraction of sp³-hybridized carbons (Fsp3) is 0.0488. The van der Waals surface area contributed by atoms with Crippen LogP contribution < -0.4 is 0 Å². The molecule has 0 fully saturated rings. The van der Waals surface area contributed by atoms with Gasteiger partial charge in [0, 0.05) is 40.0 Å². The van der Waals surface area contributed by atoms with Crippen LogP contribution in [0.1, 0.15) is 24.1 Å². The Bertz CT molecular complexity index is 2450. The predicted octanol–water partition coefficient (Wildman–Crippen LogP) is 10.2. The zero-order valence-corrected chi connectivity index (χ0v) is 24.6. The first-order valence-corrected chi connectivity index (χ1v) is 15.4. The Balaban J connectivity index is 1.08. The molecule has 0 spiro atoms. The molecule has 5 aromatic carbocycles. The Morgan fingerprint density at radius 1 is 0.556 bits per heavy atom. The quantitative estimate of drug-likeness (QED) is 0.196. The Labute approximate surface area is 260 Å². The van der Waals surface area contributed by atoms with Crippen molar-refractivity contribution in [2.24, 2.45) is 4.99 Å². The van der Waals surface area contributed by atoms with Crippen LogP contribution in [0, 0.1) is 0 Å². The number of benzene rings is 5. The highest BCUT2D eigenvalue weighted by Gasteiger charge is 2.16. The normalized spacial score (nSPS) is 13.4. The van der Waals surface area contributed by atoms with Gasteiger partial charge in [0.2, 0.25) is 0 Å². The Kier molecular flexibility index (Phi) is 5.91. The second-order valence-corrected chi connectivity index (χ2v) is 11.6. The first-order valence-electron chi connectivity index (χ1n) is 15.4. The van der Waals surface area contributed by atoms with Crippen molar-refractivity contribution in [3.8, 4) is 16.9 Å². The summed E-state index contributed by atoms with van der Waals surface area (Å²) >= 11 is 0. The van der Waals surface area contributed by atoms with E-state index < -0.39 is 0 Å². The Hall–Kier alpha value is -5.87. The summed E-state index contributed by atoms with van der Waals surface area (Å²) in [5.74, 6) is 0. The van der Waals surface area contributed by atoms with Crippen LogP contribution in [0.5, 0.6) is 0 Å². The van der Waals surface area contributed by atoms with E-state index >= 15 is 0 Å². The summed E-state index contributed by atoms with van der Waals surface area (Å²) in [6.45, 7) is 0. The Morgan fingerprint density at radius 2 is 1.36 bits per heavy atom. The molecule has 4 nitrogen and oxygen atoms in total. The van der Waals surface area contributed by atoms with Crippen molar-refractivity contribution < 1.29 is 0 Å². The highest BCUT2D eigenvalue weighted by Crippen LogP contribution is 2.33. The molecule has 0 radical (unpaired) electrons. The predicted molar refractivity (Wildman–Crippen MR) is 187 cm³/mol. The molecule has 0 saturated heterocycles. The number of fused-ring (bicyclic) bond motifs is 6. The number of para-hydroxylation sites is 1. The standard InChI is InChI=1S/C41H28N4/c1-2-11-32-27(8-1)18-19-28-24-30(20-21-33(28)32)37-14-7-16-39(44-37)38-15-6-13-36(43-38)29-9-5-10-31(25-29)45-40-17-4-3-12-34(40)35-26-42-23-22-41(35)45/h1-6,8-15,17-26H,7,16H2. The molecule has 0 aliphatic carbocycles. The van der Waals surface area contributed by atoms with Gasteiger partial charge in [-0.25, -0.2) is 4.98 Å². The second kappa shape index (κ2) is 10.4. The zero-order chi connectivity index (χ0) is 29.7. The number of nitrogens with zero attached hydrogens (tertiary/aromatic N) is 4. The van der Waals surface area contributed by atoms with Crippen LogP contribution in [0.15, 0.2) is 151 Å². The zero-order valence-electron chi connectivity index (χ0n) is 24.6. The molecule has 0 atom stereocenters. The molecule has 3 aromatic heterocycles. The van der Waals surface area contributed by atoms with E-state index in [2.05, 4.69) is 143 Å². The van der Waals surface area contributed by atoms with Gasteiger partial charge in [0.05, 0.1) is 33.8 Å². The summed E-state index contributed by atoms with van der Waals surface area (Å²) in [6, 6.07) is 45.2. The van der Waals surface area contributed by atoms with Crippen molar-refractivity contribution in [1.29, 1.82) is 0 Å². The van der Waals surface area contributed by atoms with Gasteiger partial charge in [-0.3, -0.25) is 9.98 Å². The van der Waals surface area contributed by atoms with E-state index in [-0.39, 0.29) is 0 Å². The largest absolute Gasteiger partial charge is 0.309 e. The molecule has 9 rings (SSSR count). The third-order valence-corrected chi connectivity index (χ3v) is 8.93. The van der Waals surface area contributed by atoms with Gasteiger partial charge in [-0.15, -0.1) is 0 Å². The van der Waals surface area contributed by atoms with Gasteiger partial charge in [-0.05, 0) is 76.9 Å². The van der Waals surface area contributed by atoms with Crippen LogP contribution in [0.25, 0.3) is 66.0 Å². The number of rotatable bonds is 4. The van der Waals surface area contributed by atoms with Gasteiger partial charge < -0.3 is 4.57 Å². The fourth-order valence-corrected chi connectivity index (χ4v) is 6.79. The summed E-state index contributed by atoms with van der Waals surface area (Å²) in [5.41, 5.74) is 9.52. The molecule has 4 heterocycles. The van der Waals surface area contributed by atoms with E-state index in [0.29, 0.717) is 0 Å². The van der Waals surface area contributed by atoms with Crippen LogP contribution in [-0.2, 0) is 0 Å². The monoisotopic (exact) mass is 576 g/mol. The summed E-state index contributed by atoms with van der Waals surface area (Å²) in [5, 5.41) is 7.39. The molecule has 1 aliphatic heterocycles. The summed E-state index contributed by atoms with van der Waals surface area (Å²) < 4.78 is 2.31. The summed E-state index contributed by atoms with van der Waals surface area (Å²) in [4.78, 5) is 14.7. The first-order chi connectivity index (χ1) is 22.3. The minimum Gasteiger partial charge on any atom is -0.309 e. The highest BCUT2D eigenvalue weighted by atomic mass is 15.0. The van der Waals surface area contributed by atoms with Crippen LogP contribution in [-0.4, -0.2) is 20.2 Å². The molecule has 0 saturated carbocycles. The van der Waals surface area contributed by atoms with Crippen molar-refractivity contribution in [3.63, 3.8) is 0 Å². The van der Waals surface area contributed by atoms with Gasteiger partial charge >= 0.3 is 0 Å². The number of hydrogen-bond donors (Lipinski definition) is 0. The number of aliphatic imine (C=N–C) groups is 1. The maximum absolute atomic E-state index is 5.16. The third-order valence-electron chi connectivity index (χ3n) is 8.93. The van der Waals surface area contributed by atoms with E-state index in [1.54, 1.807) is 0 Å². The van der Waals surface area contributed by atoms with Gasteiger partial charge in [0.15, 0.2) is 0 Å². The van der Waals surface area contributed by atoms with E-state index in [9.17, 15) is 0 Å². The Morgan fingerprint density at radius 3 is 2.33 bits per heavy atom. The lowest BCUT2D eigenvalue weighted by Gasteiger charge is -2.15. The second-order valence-electron chi connectivity index (χ2n) is 11.6. The lowest BCUT2D eigenvalue weighted by atomic mass is 9.97. The summed E-state index contributed by atoms with van der Waals surface area (Å²) in [7, 11) is 0. The van der Waals surface area contributed by atoms with Crippen molar-refractivity contribution in [2.45, 2.75) is 12.8 Å². The van der Waals surface area contributed by atoms with Gasteiger partial charge in [-0.2, -0.15) is 0 Å². The number of allylic oxidation sites excluding steroid dienone is 1. The summed E-state index contributed by atoms with van der Waals surface area (Å²) in [6.07, 6.45) is 7.87. The minimum atomic E-state index is 0.869. The third kappa shape index (κ3) is 4.34. The first kappa shape index (κ1) is 25.6. The average molecular weight is 577 g/mol. The molecule has 212 valence electrons. The van der Waals surface area contributed by atoms with E-state index in [0.717, 1.165) is 68.9 Å². The fourth-order valence-electron chi connectivity index (χ4n) is 6.79. The molecule has 0 unspecified atom stereocenters. The average Bonchev–Trinajstić information content (AvgIpc) is 3.46. The van der Waals surface area contributed by atoms with Gasteiger partial charge in [-0.1, -0.05) is 91.0 Å². The molecule has 0 N–H and O–H groups in total. The SMILES string of the molecule is C1=C(c2ccc3c(ccc4ccccc43)c2)N=C(c2cccc(-c3cccc(-n4c5ccccc5c5cnccc54)c3)n2)CC1. The maximum atomic E-state index is 5.16. The van der Waals surface area contributed by atoms with Crippen LogP contribution in [0.3, 0.4) is 0 Å². The highest BCUT2D eigenvalue weighted by molar-refractivity contribution is 6.10. The lowest BCUT2D eigenvalue weighted by Crippen LogP contribution is -2.08. The molecule has 4 heteroatoms. The lowest BCUT2D eigenvalue weighted by molar-refractivity contribution is 1.05. The molecule has 45 heavy (non-hydrogen) atoms. The van der Waals surface area contributed by atoms with Crippen molar-refractivity contribution in [1.82, 2.24) is 14.5 Å². The number of pyridine rings is 2. The van der Waals surface area contributed by atoms with E-state index in [1.165, 1.54) is 26.9 Å². The molecule has 8 aromatic rings. The van der Waals surface area contributed by atoms with Gasteiger partial charge in [0.1, 0.15) is 0 Å². The van der Waals surface area contributed by atoms with Crippen molar-refractivity contribution >= 4 is 54.8 Å². The molecule has 0 bridgehead atoms. The van der Waals surface area contributed by atoms with E-state index in [1.807, 2.05) is 12.4 Å². The number of aromatic nitrogens is 3. The van der Waals surface area contributed by atoms with Crippen molar-refractivity contribution in [3.05, 3.63) is 157 Å². The maximum Gasteiger partial charge on any atom is 0.0852 e. The molecular formula is C41H28N4. The molecular weight excluding hydrogens is 548 g/mol. The van der Waals surface area contributed by atoms with Gasteiger partial charge in [0.25, 0.3) is 0 Å². The number of hydrogen-bond acceptors (Lipinski definition) is 3. The topological polar surface area (TPSA) is 43.1 Å². The van der Waals surface area contributed by atoms with Crippen LogP contribution >= 0.6 is 0 Å². The molecule has 0 amide bonds. The van der Waals surface area contributed by atoms with Crippen molar-refractivity contribution in [2.75, 3.05) is 0 Å². The van der Waals surface area contributed by atoms with Crippen LogP contribution in [0.2, 0.25) is 0 Å².